The number of hydrogen-bond acceptors (Lipinski definition) is 2. The minimum absolute atomic E-state index is 0.141. The van der Waals surface area contributed by atoms with Crippen molar-refractivity contribution in [1.29, 1.82) is 0 Å². The van der Waals surface area contributed by atoms with E-state index in [4.69, 9.17) is 4.74 Å². The minimum Gasteiger partial charge on any atom is -0.457 e. The van der Waals surface area contributed by atoms with Crippen molar-refractivity contribution in [3.8, 4) is 5.75 Å². The van der Waals surface area contributed by atoms with Crippen LogP contribution in [0.4, 0.5) is 11.4 Å². The highest BCUT2D eigenvalue weighted by atomic mass is 16.5. The standard InChI is InChI=1S/C51H55N2O/c1-7-9-34-52-43-30-26-36-18-14-16-22-41(36)47(43)50(3,4)45(52)32-28-38-24-25-39(49(38)54-40-20-12-11-13-21-40)29-33-46-51(5,6)48-42-23-17-15-19-37(42)27-31-44(48)53(46)35-10-8-2/h11-23,26-33H,7-10,24-25,34-35H2,1-6H3/q+1. The molecular formula is C51H55N2O+. The Morgan fingerprint density at radius 1 is 0.667 bits per heavy atom. The SMILES string of the molecule is CCCCN1/C(=C/C=C2\CCC(/C=C/C3=[N+](CCCC)c4ccc5ccccc5c4C3(C)C)=C2Oc2ccccc2)C(C)(C)c2c1ccc1ccccc21. The molecule has 5 aromatic rings. The molecule has 0 N–H and O–H groups in total. The summed E-state index contributed by atoms with van der Waals surface area (Å²) < 4.78 is 9.44. The van der Waals surface area contributed by atoms with Gasteiger partial charge in [0.05, 0.1) is 5.41 Å². The molecule has 274 valence electrons. The van der Waals surface area contributed by atoms with E-state index >= 15 is 0 Å². The van der Waals surface area contributed by atoms with Gasteiger partial charge in [-0.1, -0.05) is 119 Å². The average molecular weight is 712 g/mol. The van der Waals surface area contributed by atoms with Gasteiger partial charge in [-0.2, -0.15) is 4.58 Å². The van der Waals surface area contributed by atoms with Crippen LogP contribution in [-0.2, 0) is 10.8 Å². The summed E-state index contributed by atoms with van der Waals surface area (Å²) in [6.45, 7) is 16.2. The molecule has 2 heterocycles. The van der Waals surface area contributed by atoms with E-state index in [9.17, 15) is 0 Å². The lowest BCUT2D eigenvalue weighted by molar-refractivity contribution is -0.438. The molecule has 3 heteroatoms. The molecule has 2 aliphatic heterocycles. The summed E-state index contributed by atoms with van der Waals surface area (Å²) in [4.78, 5) is 2.59. The Kier molecular flexibility index (Phi) is 9.69. The smallest absolute Gasteiger partial charge is 0.210 e. The van der Waals surface area contributed by atoms with E-state index in [2.05, 4.69) is 178 Å². The fourth-order valence-electron chi connectivity index (χ4n) is 9.30. The summed E-state index contributed by atoms with van der Waals surface area (Å²) in [5.74, 6) is 1.87. The zero-order valence-corrected chi connectivity index (χ0v) is 33.1. The fourth-order valence-corrected chi connectivity index (χ4v) is 9.30. The van der Waals surface area contributed by atoms with Crippen LogP contribution in [0.1, 0.15) is 91.2 Å². The normalized spacial score (nSPS) is 19.0. The zero-order valence-electron chi connectivity index (χ0n) is 33.1. The molecule has 54 heavy (non-hydrogen) atoms. The maximum absolute atomic E-state index is 6.85. The maximum atomic E-state index is 6.85. The first-order valence-electron chi connectivity index (χ1n) is 20.3. The lowest BCUT2D eigenvalue weighted by Crippen LogP contribution is -2.28. The summed E-state index contributed by atoms with van der Waals surface area (Å²) in [5, 5.41) is 5.32. The van der Waals surface area contributed by atoms with Crippen molar-refractivity contribution in [2.24, 2.45) is 0 Å². The minimum atomic E-state index is -0.141. The number of hydrogen-bond donors (Lipinski definition) is 0. The second-order valence-electron chi connectivity index (χ2n) is 16.4. The quantitative estimate of drug-likeness (QED) is 0.127. The van der Waals surface area contributed by atoms with E-state index < -0.39 is 0 Å². The van der Waals surface area contributed by atoms with Crippen molar-refractivity contribution < 1.29 is 9.31 Å². The number of ether oxygens (including phenoxy) is 1. The Hall–Kier alpha value is -5.15. The third kappa shape index (κ3) is 6.22. The molecule has 3 nitrogen and oxygen atoms in total. The van der Waals surface area contributed by atoms with Crippen molar-refractivity contribution in [1.82, 2.24) is 0 Å². The molecule has 0 spiro atoms. The number of allylic oxidation sites excluding steroid dienone is 7. The van der Waals surface area contributed by atoms with Crippen LogP contribution in [0.25, 0.3) is 21.5 Å². The molecule has 0 saturated heterocycles. The van der Waals surface area contributed by atoms with Crippen LogP contribution in [0.2, 0.25) is 0 Å². The Balaban J connectivity index is 1.22. The van der Waals surface area contributed by atoms with Gasteiger partial charge < -0.3 is 9.64 Å². The Bertz CT molecular complexity index is 2380. The van der Waals surface area contributed by atoms with E-state index in [1.807, 2.05) is 0 Å². The summed E-state index contributed by atoms with van der Waals surface area (Å²) in [6.07, 6.45) is 16.1. The highest BCUT2D eigenvalue weighted by molar-refractivity contribution is 6.07. The first kappa shape index (κ1) is 35.9. The Labute approximate surface area is 322 Å². The van der Waals surface area contributed by atoms with Gasteiger partial charge in [-0.15, -0.1) is 0 Å². The zero-order chi connectivity index (χ0) is 37.5. The molecule has 0 aromatic heterocycles. The third-order valence-electron chi connectivity index (χ3n) is 12.1. The van der Waals surface area contributed by atoms with E-state index in [0.717, 1.165) is 63.1 Å². The number of nitrogens with zero attached hydrogens (tertiary/aromatic N) is 2. The lowest BCUT2D eigenvalue weighted by Gasteiger charge is -2.27. The first-order valence-corrected chi connectivity index (χ1v) is 20.3. The van der Waals surface area contributed by atoms with Gasteiger partial charge in [0.2, 0.25) is 5.69 Å². The molecular weight excluding hydrogens is 657 g/mol. The molecule has 1 aliphatic carbocycles. The summed E-state index contributed by atoms with van der Waals surface area (Å²) in [7, 11) is 0. The fraction of sp³-hybridized carbons (Fsp3) is 0.314. The number of para-hydroxylation sites is 1. The van der Waals surface area contributed by atoms with Crippen LogP contribution < -0.4 is 9.64 Å². The van der Waals surface area contributed by atoms with E-state index in [1.54, 1.807) is 0 Å². The van der Waals surface area contributed by atoms with Crippen molar-refractivity contribution in [3.63, 3.8) is 0 Å². The highest BCUT2D eigenvalue weighted by Crippen LogP contribution is 2.51. The van der Waals surface area contributed by atoms with Crippen LogP contribution in [0.3, 0.4) is 0 Å². The van der Waals surface area contributed by atoms with Crippen molar-refractivity contribution in [2.75, 3.05) is 18.0 Å². The number of anilines is 1. The van der Waals surface area contributed by atoms with Crippen LogP contribution in [-0.4, -0.2) is 23.4 Å². The summed E-state index contributed by atoms with van der Waals surface area (Å²) in [5.41, 5.74) is 10.5. The molecule has 0 radical (unpaired) electrons. The number of unbranched alkanes of at least 4 members (excludes halogenated alkanes) is 2. The second kappa shape index (κ2) is 14.6. The summed E-state index contributed by atoms with van der Waals surface area (Å²) in [6, 6.07) is 37.3. The molecule has 0 amide bonds. The van der Waals surface area contributed by atoms with Gasteiger partial charge in [-0.25, -0.2) is 0 Å². The van der Waals surface area contributed by atoms with Gasteiger partial charge in [0.1, 0.15) is 18.1 Å². The number of benzene rings is 5. The van der Waals surface area contributed by atoms with Gasteiger partial charge >= 0.3 is 0 Å². The van der Waals surface area contributed by atoms with Crippen molar-refractivity contribution in [3.05, 3.63) is 161 Å². The van der Waals surface area contributed by atoms with Crippen LogP contribution in [0, 0.1) is 0 Å². The van der Waals surface area contributed by atoms with E-state index in [0.29, 0.717) is 0 Å². The number of fused-ring (bicyclic) bond motifs is 6. The molecule has 5 aromatic carbocycles. The van der Waals surface area contributed by atoms with Crippen molar-refractivity contribution >= 4 is 38.6 Å². The van der Waals surface area contributed by atoms with E-state index in [-0.39, 0.29) is 10.8 Å². The molecule has 0 unspecified atom stereocenters. The Morgan fingerprint density at radius 2 is 1.33 bits per heavy atom. The van der Waals surface area contributed by atoms with Gasteiger partial charge in [0.25, 0.3) is 0 Å². The molecule has 0 atom stereocenters. The third-order valence-corrected chi connectivity index (χ3v) is 12.1. The molecule has 3 aliphatic rings. The first-order chi connectivity index (χ1) is 26.2. The van der Waals surface area contributed by atoms with E-state index in [1.165, 1.54) is 66.6 Å². The van der Waals surface area contributed by atoms with Crippen molar-refractivity contribution in [2.45, 2.75) is 90.9 Å². The van der Waals surface area contributed by atoms with Gasteiger partial charge in [0.15, 0.2) is 5.71 Å². The Morgan fingerprint density at radius 3 is 2.06 bits per heavy atom. The lowest BCUT2D eigenvalue weighted by atomic mass is 9.79. The molecule has 0 bridgehead atoms. The van der Waals surface area contributed by atoms with Crippen LogP contribution in [0.15, 0.2) is 150 Å². The maximum Gasteiger partial charge on any atom is 0.210 e. The summed E-state index contributed by atoms with van der Waals surface area (Å²) >= 11 is 0. The monoisotopic (exact) mass is 711 g/mol. The predicted octanol–water partition coefficient (Wildman–Crippen LogP) is 13.3. The topological polar surface area (TPSA) is 15.5 Å². The van der Waals surface area contributed by atoms with Gasteiger partial charge in [0, 0.05) is 47.5 Å². The largest absolute Gasteiger partial charge is 0.457 e. The highest BCUT2D eigenvalue weighted by Gasteiger charge is 2.45. The average Bonchev–Trinajstić information content (AvgIpc) is 3.74. The van der Waals surface area contributed by atoms with Gasteiger partial charge in [-0.3, -0.25) is 0 Å². The second-order valence-corrected chi connectivity index (χ2v) is 16.4. The van der Waals surface area contributed by atoms with Crippen LogP contribution in [0.5, 0.6) is 5.75 Å². The molecule has 8 rings (SSSR count). The number of rotatable bonds is 11. The van der Waals surface area contributed by atoms with Gasteiger partial charge in [-0.05, 0) is 108 Å². The predicted molar refractivity (Wildman–Crippen MR) is 230 cm³/mol. The van der Waals surface area contributed by atoms with Crippen LogP contribution >= 0.6 is 0 Å². The molecule has 0 fully saturated rings. The molecule has 0 saturated carbocycles.